The van der Waals surface area contributed by atoms with Crippen molar-refractivity contribution in [1.82, 2.24) is 24.9 Å². The third-order valence-electron chi connectivity index (χ3n) is 4.82. The lowest BCUT2D eigenvalue weighted by Gasteiger charge is -2.27. The normalized spacial score (nSPS) is 12.5. The zero-order valence-electron chi connectivity index (χ0n) is 17.5. The molecule has 0 bridgehead atoms. The molecule has 0 aliphatic rings. The van der Waals surface area contributed by atoms with Crippen LogP contribution in [0.15, 0.2) is 59.4 Å². The van der Waals surface area contributed by atoms with Crippen molar-refractivity contribution >= 4 is 27.8 Å². The Morgan fingerprint density at radius 3 is 2.63 bits per heavy atom. The van der Waals surface area contributed by atoms with Gasteiger partial charge >= 0.3 is 6.18 Å². The minimum absolute atomic E-state index is 0.0105. The summed E-state index contributed by atoms with van der Waals surface area (Å²) in [4.78, 5) is 17.9. The van der Waals surface area contributed by atoms with Gasteiger partial charge in [0.15, 0.2) is 5.82 Å². The van der Waals surface area contributed by atoms with Gasteiger partial charge in [-0.2, -0.15) is 18.3 Å². The van der Waals surface area contributed by atoms with Crippen molar-refractivity contribution in [3.8, 4) is 22.9 Å². The SMILES string of the molecule is O=C([O-])N(CC(Br)C(F)(F)F)c1ccnc(-c2cc(-c3ccon3)n(Cc3ccccc3F)n2)n1. The Morgan fingerprint density at radius 2 is 1.97 bits per heavy atom. The number of halogens is 5. The van der Waals surface area contributed by atoms with Crippen LogP contribution in [0, 0.1) is 5.82 Å². The first-order valence-corrected chi connectivity index (χ1v) is 10.8. The first-order chi connectivity index (χ1) is 16.6. The zero-order chi connectivity index (χ0) is 25.2. The second kappa shape index (κ2) is 9.82. The predicted octanol–water partition coefficient (Wildman–Crippen LogP) is 3.66. The second-order valence-electron chi connectivity index (χ2n) is 7.17. The largest absolute Gasteiger partial charge is 0.530 e. The van der Waals surface area contributed by atoms with Crippen LogP contribution in [0.2, 0.25) is 0 Å². The maximum atomic E-state index is 14.2. The molecule has 1 amide bonds. The number of aromatic nitrogens is 5. The molecule has 3 aromatic heterocycles. The number of carbonyl (C=O) groups is 1. The summed E-state index contributed by atoms with van der Waals surface area (Å²) < 4.78 is 59.4. The van der Waals surface area contributed by atoms with Gasteiger partial charge in [-0.15, -0.1) is 0 Å². The minimum Gasteiger partial charge on any atom is -0.530 e. The highest BCUT2D eigenvalue weighted by molar-refractivity contribution is 9.09. The summed E-state index contributed by atoms with van der Waals surface area (Å²) in [5.74, 6) is -0.869. The molecule has 14 heteroatoms. The summed E-state index contributed by atoms with van der Waals surface area (Å²) in [5, 5.41) is 19.8. The van der Waals surface area contributed by atoms with Crippen molar-refractivity contribution in [1.29, 1.82) is 0 Å². The lowest BCUT2D eigenvalue weighted by atomic mass is 10.2. The molecule has 4 rings (SSSR count). The Labute approximate surface area is 203 Å². The monoisotopic (exact) mass is 553 g/mol. The molecule has 0 spiro atoms. The summed E-state index contributed by atoms with van der Waals surface area (Å²) in [6.07, 6.45) is -4.06. The van der Waals surface area contributed by atoms with Crippen LogP contribution in [-0.4, -0.2) is 48.5 Å². The molecule has 1 unspecified atom stereocenters. The number of hydrogen-bond acceptors (Lipinski definition) is 7. The van der Waals surface area contributed by atoms with E-state index >= 15 is 0 Å². The quantitative estimate of drug-likeness (QED) is 0.253. The van der Waals surface area contributed by atoms with Crippen molar-refractivity contribution in [2.45, 2.75) is 17.5 Å². The molecule has 0 N–H and O–H groups in total. The highest BCUT2D eigenvalue weighted by Crippen LogP contribution is 2.29. The lowest BCUT2D eigenvalue weighted by molar-refractivity contribution is -0.246. The third-order valence-corrected chi connectivity index (χ3v) is 5.63. The Kier molecular flexibility index (Phi) is 6.82. The first-order valence-electron chi connectivity index (χ1n) is 9.88. The fourth-order valence-electron chi connectivity index (χ4n) is 3.13. The number of carbonyl (C=O) groups excluding carboxylic acids is 1. The second-order valence-corrected chi connectivity index (χ2v) is 8.28. The van der Waals surface area contributed by atoms with Gasteiger partial charge in [0.25, 0.3) is 0 Å². The van der Waals surface area contributed by atoms with Crippen molar-refractivity contribution in [2.24, 2.45) is 0 Å². The molecule has 3 heterocycles. The maximum absolute atomic E-state index is 14.2. The maximum Gasteiger partial charge on any atom is 0.402 e. The van der Waals surface area contributed by atoms with Gasteiger partial charge in [-0.25, -0.2) is 14.4 Å². The van der Waals surface area contributed by atoms with Crippen LogP contribution in [0.25, 0.3) is 22.9 Å². The van der Waals surface area contributed by atoms with Crippen LogP contribution >= 0.6 is 15.9 Å². The number of benzene rings is 1. The van der Waals surface area contributed by atoms with E-state index in [0.29, 0.717) is 21.9 Å². The Bertz CT molecular complexity index is 1330. The third kappa shape index (κ3) is 5.48. The summed E-state index contributed by atoms with van der Waals surface area (Å²) in [7, 11) is 0. The van der Waals surface area contributed by atoms with E-state index < -0.39 is 29.5 Å². The van der Waals surface area contributed by atoms with Gasteiger partial charge in [0.2, 0.25) is 0 Å². The van der Waals surface area contributed by atoms with E-state index in [1.807, 2.05) is 0 Å². The number of alkyl halides is 4. The summed E-state index contributed by atoms with van der Waals surface area (Å²) in [6, 6.07) is 10.3. The fraction of sp³-hybridized carbons (Fsp3) is 0.190. The minimum atomic E-state index is -4.69. The molecule has 0 saturated heterocycles. The van der Waals surface area contributed by atoms with E-state index in [9.17, 15) is 27.5 Å². The standard InChI is InChI=1S/C21H15BrF4N6O3/c22-17(21(24,25)26)11-31(20(33)34)18-5-7-27-19(28-18)15-9-16(14-6-8-35-30-14)32(29-15)10-12-3-1-2-4-13(12)23/h1-9,17H,10-11H2,(H,33,34)/p-1. The van der Waals surface area contributed by atoms with Crippen LogP contribution in [0.1, 0.15) is 5.56 Å². The Morgan fingerprint density at radius 1 is 1.20 bits per heavy atom. The average Bonchev–Trinajstić information content (AvgIpc) is 3.48. The van der Waals surface area contributed by atoms with E-state index in [2.05, 4.69) is 36.2 Å². The molecule has 1 aromatic carbocycles. The molecule has 0 fully saturated rings. The Balaban J connectivity index is 1.72. The van der Waals surface area contributed by atoms with Crippen LogP contribution < -0.4 is 10.0 Å². The topological polar surface area (TPSA) is 113 Å². The van der Waals surface area contributed by atoms with Crippen LogP contribution in [0.4, 0.5) is 28.2 Å². The van der Waals surface area contributed by atoms with Crippen molar-refractivity contribution in [2.75, 3.05) is 11.4 Å². The molecule has 4 aromatic rings. The van der Waals surface area contributed by atoms with Crippen molar-refractivity contribution < 1.29 is 32.0 Å². The number of hydrogen-bond donors (Lipinski definition) is 0. The number of anilines is 1. The summed E-state index contributed by atoms with van der Waals surface area (Å²) >= 11 is 2.44. The Hall–Kier alpha value is -3.81. The molecule has 1 atom stereocenters. The average molecular weight is 554 g/mol. The number of amides is 1. The lowest BCUT2D eigenvalue weighted by Crippen LogP contribution is -2.47. The number of carboxylic acid groups (broad SMARTS) is 1. The summed E-state index contributed by atoms with van der Waals surface area (Å²) in [5.41, 5.74) is 1.27. The molecular formula is C21H14BrF4N6O3-. The van der Waals surface area contributed by atoms with Gasteiger partial charge in [-0.3, -0.25) is 4.68 Å². The van der Waals surface area contributed by atoms with Crippen LogP contribution in [0.3, 0.4) is 0 Å². The van der Waals surface area contributed by atoms with Gasteiger partial charge in [-0.1, -0.05) is 39.3 Å². The van der Waals surface area contributed by atoms with E-state index in [0.717, 1.165) is 6.07 Å². The summed E-state index contributed by atoms with van der Waals surface area (Å²) in [6.45, 7) is -0.981. The zero-order valence-corrected chi connectivity index (χ0v) is 19.1. The molecule has 9 nitrogen and oxygen atoms in total. The predicted molar refractivity (Wildman–Crippen MR) is 116 cm³/mol. The molecule has 0 radical (unpaired) electrons. The van der Waals surface area contributed by atoms with Gasteiger partial charge in [0.05, 0.1) is 12.2 Å². The van der Waals surface area contributed by atoms with E-state index in [-0.39, 0.29) is 23.9 Å². The number of nitrogens with zero attached hydrogens (tertiary/aromatic N) is 6. The van der Waals surface area contributed by atoms with Gasteiger partial charge in [0, 0.05) is 24.4 Å². The van der Waals surface area contributed by atoms with Gasteiger partial charge < -0.3 is 19.3 Å². The van der Waals surface area contributed by atoms with Crippen molar-refractivity contribution in [3.63, 3.8) is 0 Å². The molecule has 182 valence electrons. The molecule has 0 aliphatic heterocycles. The van der Waals surface area contributed by atoms with Gasteiger partial charge in [-0.05, 0) is 18.2 Å². The first kappa shape index (κ1) is 24.3. The molecule has 35 heavy (non-hydrogen) atoms. The van der Waals surface area contributed by atoms with E-state index in [1.165, 1.54) is 29.3 Å². The molecule has 0 aliphatic carbocycles. The van der Waals surface area contributed by atoms with E-state index in [1.54, 1.807) is 24.3 Å². The smallest absolute Gasteiger partial charge is 0.402 e. The highest BCUT2D eigenvalue weighted by atomic mass is 79.9. The van der Waals surface area contributed by atoms with Gasteiger partial charge in [0.1, 0.15) is 40.2 Å². The number of rotatable bonds is 7. The van der Waals surface area contributed by atoms with Crippen LogP contribution in [0.5, 0.6) is 0 Å². The molecule has 0 saturated carbocycles. The van der Waals surface area contributed by atoms with Crippen molar-refractivity contribution in [3.05, 3.63) is 66.3 Å². The van der Waals surface area contributed by atoms with Crippen LogP contribution in [-0.2, 0) is 6.54 Å². The highest BCUT2D eigenvalue weighted by Gasteiger charge is 2.39. The molecular weight excluding hydrogens is 540 g/mol. The van der Waals surface area contributed by atoms with E-state index in [4.69, 9.17) is 4.52 Å². The fourth-order valence-corrected chi connectivity index (χ4v) is 3.42.